The van der Waals surface area contributed by atoms with Crippen molar-refractivity contribution in [3.8, 4) is 5.75 Å². The van der Waals surface area contributed by atoms with Crippen LogP contribution in [0.1, 0.15) is 27.2 Å². The van der Waals surface area contributed by atoms with E-state index < -0.39 is 0 Å². The Balaban J connectivity index is 2.23. The van der Waals surface area contributed by atoms with E-state index in [4.69, 9.17) is 15.2 Å². The molecule has 1 saturated heterocycles. The molecule has 4 nitrogen and oxygen atoms in total. The molecule has 1 aliphatic heterocycles. The van der Waals surface area contributed by atoms with Crippen LogP contribution in [0.4, 0.5) is 11.4 Å². The Labute approximate surface area is 115 Å². The molecule has 19 heavy (non-hydrogen) atoms. The van der Waals surface area contributed by atoms with Crippen LogP contribution < -0.4 is 15.4 Å². The maximum atomic E-state index is 5.97. The molecule has 1 atom stereocenters. The Kier molecular flexibility index (Phi) is 4.53. The summed E-state index contributed by atoms with van der Waals surface area (Å²) < 4.78 is 11.3. The number of anilines is 2. The zero-order valence-corrected chi connectivity index (χ0v) is 12.1. The van der Waals surface area contributed by atoms with E-state index >= 15 is 0 Å². The molecule has 2 N–H and O–H groups in total. The molecule has 0 amide bonds. The van der Waals surface area contributed by atoms with Crippen LogP contribution in [0.15, 0.2) is 18.2 Å². The summed E-state index contributed by atoms with van der Waals surface area (Å²) in [5, 5.41) is 0. The van der Waals surface area contributed by atoms with Crippen molar-refractivity contribution in [2.45, 2.75) is 39.3 Å². The van der Waals surface area contributed by atoms with Crippen LogP contribution in [0.25, 0.3) is 0 Å². The largest absolute Gasteiger partial charge is 0.489 e. The van der Waals surface area contributed by atoms with Gasteiger partial charge in [-0.3, -0.25) is 0 Å². The van der Waals surface area contributed by atoms with Gasteiger partial charge in [0.2, 0.25) is 0 Å². The molecule has 4 heteroatoms. The van der Waals surface area contributed by atoms with Gasteiger partial charge in [-0.2, -0.15) is 0 Å². The molecule has 106 valence electrons. The Morgan fingerprint density at radius 1 is 1.47 bits per heavy atom. The fraction of sp³-hybridized carbons (Fsp3) is 0.600. The van der Waals surface area contributed by atoms with Crippen molar-refractivity contribution in [1.82, 2.24) is 0 Å². The Morgan fingerprint density at radius 3 is 2.95 bits per heavy atom. The summed E-state index contributed by atoms with van der Waals surface area (Å²) >= 11 is 0. The van der Waals surface area contributed by atoms with Crippen LogP contribution in [0.2, 0.25) is 0 Å². The number of nitrogens with two attached hydrogens (primary N) is 1. The summed E-state index contributed by atoms with van der Waals surface area (Å²) in [6.45, 7) is 8.70. The van der Waals surface area contributed by atoms with E-state index in [1.807, 2.05) is 26.0 Å². The molecule has 0 spiro atoms. The molecule has 1 aromatic carbocycles. The average Bonchev–Trinajstić information content (AvgIpc) is 2.41. The normalized spacial score (nSPS) is 19.8. The third-order valence-corrected chi connectivity index (χ3v) is 3.39. The van der Waals surface area contributed by atoms with Gasteiger partial charge < -0.3 is 20.1 Å². The smallest absolute Gasteiger partial charge is 0.144 e. The van der Waals surface area contributed by atoms with Crippen LogP contribution in [-0.4, -0.2) is 31.9 Å². The van der Waals surface area contributed by atoms with Crippen molar-refractivity contribution in [3.63, 3.8) is 0 Å². The zero-order chi connectivity index (χ0) is 13.8. The van der Waals surface area contributed by atoms with Gasteiger partial charge in [0.1, 0.15) is 5.75 Å². The molecule has 0 saturated carbocycles. The zero-order valence-electron chi connectivity index (χ0n) is 12.1. The van der Waals surface area contributed by atoms with Gasteiger partial charge in [0.05, 0.1) is 31.0 Å². The molecule has 1 heterocycles. The first-order valence-electron chi connectivity index (χ1n) is 7.02. The Bertz CT molecular complexity index is 421. The van der Waals surface area contributed by atoms with Crippen LogP contribution in [0.5, 0.6) is 5.75 Å². The summed E-state index contributed by atoms with van der Waals surface area (Å²) in [6, 6.07) is 6.47. The van der Waals surface area contributed by atoms with Gasteiger partial charge in [0, 0.05) is 18.3 Å². The lowest BCUT2D eigenvalue weighted by molar-refractivity contribution is 0.0929. The fourth-order valence-corrected chi connectivity index (χ4v) is 2.39. The van der Waals surface area contributed by atoms with Crippen LogP contribution in [0.3, 0.4) is 0 Å². The second-order valence-corrected chi connectivity index (χ2v) is 5.22. The average molecular weight is 264 g/mol. The van der Waals surface area contributed by atoms with Gasteiger partial charge in [-0.05, 0) is 32.4 Å². The van der Waals surface area contributed by atoms with Crippen molar-refractivity contribution in [2.24, 2.45) is 0 Å². The van der Waals surface area contributed by atoms with E-state index in [1.54, 1.807) is 0 Å². The molecule has 0 aliphatic carbocycles. The summed E-state index contributed by atoms with van der Waals surface area (Å²) in [4.78, 5) is 2.39. The molecule has 0 aromatic heterocycles. The second-order valence-electron chi connectivity index (χ2n) is 5.22. The summed E-state index contributed by atoms with van der Waals surface area (Å²) in [7, 11) is 0. The van der Waals surface area contributed by atoms with Crippen LogP contribution in [0, 0.1) is 0 Å². The maximum Gasteiger partial charge on any atom is 0.144 e. The minimum absolute atomic E-state index is 0.129. The van der Waals surface area contributed by atoms with Crippen molar-refractivity contribution >= 4 is 11.4 Å². The van der Waals surface area contributed by atoms with E-state index in [2.05, 4.69) is 17.9 Å². The van der Waals surface area contributed by atoms with Gasteiger partial charge >= 0.3 is 0 Å². The van der Waals surface area contributed by atoms with E-state index in [-0.39, 0.29) is 6.10 Å². The number of morpholine rings is 1. The Hall–Kier alpha value is -1.42. The van der Waals surface area contributed by atoms with E-state index in [9.17, 15) is 0 Å². The van der Waals surface area contributed by atoms with Gasteiger partial charge in [0.25, 0.3) is 0 Å². The molecular weight excluding hydrogens is 240 g/mol. The molecule has 0 radical (unpaired) electrons. The lowest BCUT2D eigenvalue weighted by Gasteiger charge is -2.37. The molecule has 1 aliphatic rings. The highest BCUT2D eigenvalue weighted by Gasteiger charge is 2.22. The van der Waals surface area contributed by atoms with Crippen molar-refractivity contribution in [3.05, 3.63) is 18.2 Å². The van der Waals surface area contributed by atoms with E-state index in [0.29, 0.717) is 11.7 Å². The van der Waals surface area contributed by atoms with E-state index in [0.717, 1.165) is 31.9 Å². The number of hydrogen-bond donors (Lipinski definition) is 1. The molecule has 0 bridgehead atoms. The predicted octanol–water partition coefficient (Wildman–Crippen LogP) is 2.67. The predicted molar refractivity (Wildman–Crippen MR) is 78.9 cm³/mol. The number of nitrogens with zero attached hydrogens (tertiary/aromatic N) is 1. The quantitative estimate of drug-likeness (QED) is 0.849. The first-order valence-corrected chi connectivity index (χ1v) is 7.02. The lowest BCUT2D eigenvalue weighted by Crippen LogP contribution is -2.45. The van der Waals surface area contributed by atoms with Gasteiger partial charge in [-0.1, -0.05) is 6.92 Å². The first kappa shape index (κ1) is 14.0. The first-order chi connectivity index (χ1) is 9.11. The fourth-order valence-electron chi connectivity index (χ4n) is 2.39. The molecule has 1 aromatic rings. The second kappa shape index (κ2) is 6.15. The van der Waals surface area contributed by atoms with Crippen molar-refractivity contribution in [2.75, 3.05) is 30.4 Å². The number of ether oxygens (including phenoxy) is 2. The minimum atomic E-state index is 0.129. The van der Waals surface area contributed by atoms with Crippen molar-refractivity contribution in [1.29, 1.82) is 0 Å². The summed E-state index contributed by atoms with van der Waals surface area (Å²) in [5.41, 5.74) is 7.83. The van der Waals surface area contributed by atoms with E-state index in [1.165, 1.54) is 5.69 Å². The third kappa shape index (κ3) is 3.32. The summed E-state index contributed by atoms with van der Waals surface area (Å²) in [5.74, 6) is 0.772. The monoisotopic (exact) mass is 264 g/mol. The highest BCUT2D eigenvalue weighted by atomic mass is 16.5. The number of rotatable bonds is 4. The molecule has 2 rings (SSSR count). The van der Waals surface area contributed by atoms with Gasteiger partial charge in [-0.15, -0.1) is 0 Å². The SMILES string of the molecule is CCC1COCCN1c1ccc(N)c(OC(C)C)c1. The highest BCUT2D eigenvalue weighted by Crippen LogP contribution is 2.30. The van der Waals surface area contributed by atoms with Crippen LogP contribution >= 0.6 is 0 Å². The number of nitrogen functional groups attached to an aromatic ring is 1. The highest BCUT2D eigenvalue weighted by molar-refractivity contribution is 5.63. The minimum Gasteiger partial charge on any atom is -0.489 e. The molecule has 1 fully saturated rings. The number of benzene rings is 1. The van der Waals surface area contributed by atoms with Crippen LogP contribution in [-0.2, 0) is 4.74 Å². The van der Waals surface area contributed by atoms with Gasteiger partial charge in [0.15, 0.2) is 0 Å². The lowest BCUT2D eigenvalue weighted by atomic mass is 10.1. The summed E-state index contributed by atoms with van der Waals surface area (Å²) in [6.07, 6.45) is 1.20. The molecular formula is C15H24N2O2. The topological polar surface area (TPSA) is 47.7 Å². The third-order valence-electron chi connectivity index (χ3n) is 3.39. The standard InChI is InChI=1S/C15H24N2O2/c1-4-12-10-18-8-7-17(12)13-5-6-14(16)15(9-13)19-11(2)3/h5-6,9,11-12H,4,7-8,10,16H2,1-3H3. The van der Waals surface area contributed by atoms with Gasteiger partial charge in [-0.25, -0.2) is 0 Å². The van der Waals surface area contributed by atoms with Crippen molar-refractivity contribution < 1.29 is 9.47 Å². The Morgan fingerprint density at radius 2 is 2.26 bits per heavy atom. The number of hydrogen-bond acceptors (Lipinski definition) is 4. The maximum absolute atomic E-state index is 5.97. The molecule has 1 unspecified atom stereocenters.